The number of unbranched alkanes of at least 4 members (excludes halogenated alkanes) is 4. The predicted molar refractivity (Wildman–Crippen MR) is 169 cm³/mol. The number of phenols is 1. The number of benzene rings is 4. The Morgan fingerprint density at radius 2 is 1.04 bits per heavy atom. The van der Waals surface area contributed by atoms with Crippen molar-refractivity contribution < 1.29 is 50.5 Å². The quantitative estimate of drug-likeness (QED) is 0.0841. The highest BCUT2D eigenvalue weighted by Gasteiger charge is 2.19. The molecule has 0 aliphatic rings. The zero-order valence-corrected chi connectivity index (χ0v) is 26.4. The van der Waals surface area contributed by atoms with E-state index in [1.807, 2.05) is 0 Å². The fourth-order valence-electron chi connectivity index (χ4n) is 5.07. The zero-order chi connectivity index (χ0) is 34.6. The summed E-state index contributed by atoms with van der Waals surface area (Å²) in [7, 11) is 0. The summed E-state index contributed by atoms with van der Waals surface area (Å²) in [6, 6.07) is 12.3. The van der Waals surface area contributed by atoms with Crippen LogP contribution in [0.1, 0.15) is 58.3 Å². The first-order valence-corrected chi connectivity index (χ1v) is 15.8. The molecule has 4 aromatic carbocycles. The molecule has 0 fully saturated rings. The van der Waals surface area contributed by atoms with E-state index in [1.54, 1.807) is 6.92 Å². The van der Waals surface area contributed by atoms with Gasteiger partial charge in [-0.05, 0) is 94.0 Å². The second-order valence-corrected chi connectivity index (χ2v) is 11.1. The Hall–Kier alpha value is -4.67. The molecule has 0 saturated heterocycles. The first kappa shape index (κ1) is 36.2. The number of phenolic OH excluding ortho intramolecular Hbond substituents is 1. The van der Waals surface area contributed by atoms with Crippen molar-refractivity contribution >= 4 is 5.78 Å². The minimum absolute atomic E-state index is 0.0980. The van der Waals surface area contributed by atoms with E-state index in [1.165, 1.54) is 36.4 Å². The number of ketones is 1. The molecule has 0 heterocycles. The Labute approximate surface area is 275 Å². The molecule has 1 N–H and O–H groups in total. The Balaban J connectivity index is 1.07. The number of ether oxygens (including phenoxy) is 3. The molecule has 0 saturated carbocycles. The molecule has 4 rings (SSSR count). The van der Waals surface area contributed by atoms with Crippen LogP contribution in [0.3, 0.4) is 0 Å². The molecule has 11 heteroatoms. The Morgan fingerprint density at radius 3 is 1.54 bits per heavy atom. The lowest BCUT2D eigenvalue weighted by Gasteiger charge is -2.11. The summed E-state index contributed by atoms with van der Waals surface area (Å²) < 4.78 is 102. The number of hydrogen-bond donors (Lipinski definition) is 1. The van der Waals surface area contributed by atoms with E-state index in [9.17, 15) is 36.2 Å². The molecule has 256 valence electrons. The van der Waals surface area contributed by atoms with Gasteiger partial charge in [0.1, 0.15) is 28.9 Å². The van der Waals surface area contributed by atoms with Crippen molar-refractivity contribution in [1.29, 1.82) is 0 Å². The molecule has 0 bridgehead atoms. The molecule has 0 aliphatic heterocycles. The van der Waals surface area contributed by atoms with Crippen LogP contribution in [0.25, 0.3) is 22.3 Å². The maximum absolute atomic E-state index is 14.7. The molecule has 4 aromatic rings. The fourth-order valence-corrected chi connectivity index (χ4v) is 5.07. The molecule has 0 aliphatic carbocycles. The van der Waals surface area contributed by atoms with E-state index < -0.39 is 40.7 Å². The second kappa shape index (κ2) is 17.5. The smallest absolute Gasteiger partial charge is 0.201 e. The number of hydrogen-bond acceptors (Lipinski definition) is 5. The lowest BCUT2D eigenvalue weighted by molar-refractivity contribution is -0.119. The number of carbonyl (C=O) groups is 1. The van der Waals surface area contributed by atoms with Crippen LogP contribution in [0.2, 0.25) is 0 Å². The lowest BCUT2D eigenvalue weighted by atomic mass is 10.0. The van der Waals surface area contributed by atoms with Crippen LogP contribution >= 0.6 is 0 Å². The van der Waals surface area contributed by atoms with E-state index in [0.29, 0.717) is 51.7 Å². The number of halogens is 6. The Morgan fingerprint density at radius 1 is 0.562 bits per heavy atom. The van der Waals surface area contributed by atoms with Gasteiger partial charge in [0.2, 0.25) is 11.6 Å². The highest BCUT2D eigenvalue weighted by molar-refractivity contribution is 5.78. The van der Waals surface area contributed by atoms with Crippen LogP contribution in [0, 0.1) is 34.9 Å². The van der Waals surface area contributed by atoms with Crippen LogP contribution in [0.15, 0.2) is 60.7 Å². The third-order valence-corrected chi connectivity index (χ3v) is 7.61. The van der Waals surface area contributed by atoms with Gasteiger partial charge in [-0.2, -0.15) is 8.78 Å². The van der Waals surface area contributed by atoms with Crippen LogP contribution in [-0.4, -0.2) is 30.7 Å². The fraction of sp³-hybridized carbons (Fsp3) is 0.324. The van der Waals surface area contributed by atoms with Crippen molar-refractivity contribution in [3.63, 3.8) is 0 Å². The summed E-state index contributed by atoms with van der Waals surface area (Å²) in [6.45, 7) is 2.40. The van der Waals surface area contributed by atoms with Gasteiger partial charge in [-0.15, -0.1) is 0 Å². The summed E-state index contributed by atoms with van der Waals surface area (Å²) in [5.74, 6) is -7.18. The highest BCUT2D eigenvalue weighted by Crippen LogP contribution is 2.34. The van der Waals surface area contributed by atoms with Gasteiger partial charge in [-0.1, -0.05) is 0 Å². The van der Waals surface area contributed by atoms with Crippen molar-refractivity contribution in [1.82, 2.24) is 0 Å². The normalized spacial score (nSPS) is 11.1. The first-order valence-electron chi connectivity index (χ1n) is 15.8. The standard InChI is InChI=1S/C37H36F6O5/c1-2-46-33-18-16-29(35(41)37(33)43)27-14-12-25(22-31(27)39)48-20-8-4-6-10-23(44)9-5-3-7-19-47-24-11-13-26(30(38)21-24)28-15-17-32(45)36(42)34(28)40/h11-18,21-22,45H,2-10,19-20H2,1H3. The first-order chi connectivity index (χ1) is 23.1. The third kappa shape index (κ3) is 9.45. The summed E-state index contributed by atoms with van der Waals surface area (Å²) >= 11 is 0. The molecule has 0 spiro atoms. The van der Waals surface area contributed by atoms with E-state index in [4.69, 9.17) is 14.2 Å². The van der Waals surface area contributed by atoms with E-state index in [2.05, 4.69) is 0 Å². The van der Waals surface area contributed by atoms with E-state index >= 15 is 0 Å². The zero-order valence-electron chi connectivity index (χ0n) is 26.4. The van der Waals surface area contributed by atoms with Crippen LogP contribution < -0.4 is 14.2 Å². The summed E-state index contributed by atoms with van der Waals surface area (Å²) in [5.41, 5.74) is -0.792. The molecule has 0 atom stereocenters. The lowest BCUT2D eigenvalue weighted by Crippen LogP contribution is -2.02. The number of carbonyl (C=O) groups excluding carboxylic acids is 1. The number of aromatic hydroxyl groups is 1. The van der Waals surface area contributed by atoms with Gasteiger partial charge >= 0.3 is 0 Å². The molecule has 5 nitrogen and oxygen atoms in total. The van der Waals surface area contributed by atoms with Gasteiger partial charge in [-0.3, -0.25) is 4.79 Å². The van der Waals surface area contributed by atoms with Gasteiger partial charge in [0.25, 0.3) is 0 Å². The van der Waals surface area contributed by atoms with Gasteiger partial charge < -0.3 is 19.3 Å². The Bertz CT molecular complexity index is 1710. The van der Waals surface area contributed by atoms with Crippen LogP contribution in [0.4, 0.5) is 26.3 Å². The van der Waals surface area contributed by atoms with Gasteiger partial charge in [0, 0.05) is 47.2 Å². The minimum Gasteiger partial charge on any atom is -0.505 e. The molecular formula is C37H36F6O5. The summed E-state index contributed by atoms with van der Waals surface area (Å²) in [6.07, 6.45) is 4.98. The average molecular weight is 675 g/mol. The van der Waals surface area contributed by atoms with Crippen molar-refractivity contribution in [2.24, 2.45) is 0 Å². The van der Waals surface area contributed by atoms with Crippen molar-refractivity contribution in [3.8, 4) is 45.3 Å². The maximum atomic E-state index is 14.7. The minimum atomic E-state index is -1.45. The average Bonchev–Trinajstić information content (AvgIpc) is 3.06. The molecule has 48 heavy (non-hydrogen) atoms. The number of Topliss-reactive ketones (excluding diaryl/α,β-unsaturated/α-hetero) is 1. The second-order valence-electron chi connectivity index (χ2n) is 11.1. The SMILES string of the molecule is CCOc1ccc(-c2ccc(OCCCCCC(=O)CCCCCOc3ccc(-c4ccc(O)c(F)c4F)c(F)c3)cc2F)c(F)c1F. The van der Waals surface area contributed by atoms with Crippen LogP contribution in [-0.2, 0) is 4.79 Å². The van der Waals surface area contributed by atoms with E-state index in [0.717, 1.165) is 37.1 Å². The predicted octanol–water partition coefficient (Wildman–Crippen LogP) is 10.1. The third-order valence-electron chi connectivity index (χ3n) is 7.61. The van der Waals surface area contributed by atoms with Gasteiger partial charge in [-0.25, -0.2) is 17.6 Å². The van der Waals surface area contributed by atoms with Crippen molar-refractivity contribution in [2.75, 3.05) is 19.8 Å². The summed E-state index contributed by atoms with van der Waals surface area (Å²) in [4.78, 5) is 12.2. The van der Waals surface area contributed by atoms with Crippen molar-refractivity contribution in [2.45, 2.75) is 58.3 Å². The molecule has 0 radical (unpaired) electrons. The largest absolute Gasteiger partial charge is 0.505 e. The highest BCUT2D eigenvalue weighted by atomic mass is 19.2. The maximum Gasteiger partial charge on any atom is 0.201 e. The summed E-state index contributed by atoms with van der Waals surface area (Å²) in [5, 5.41) is 9.26. The number of rotatable bonds is 18. The topological polar surface area (TPSA) is 65.0 Å². The molecular weight excluding hydrogens is 638 g/mol. The van der Waals surface area contributed by atoms with Crippen molar-refractivity contribution in [3.05, 3.63) is 95.6 Å². The van der Waals surface area contributed by atoms with E-state index in [-0.39, 0.29) is 51.9 Å². The monoisotopic (exact) mass is 674 g/mol. The van der Waals surface area contributed by atoms with Crippen LogP contribution in [0.5, 0.6) is 23.0 Å². The van der Waals surface area contributed by atoms with Gasteiger partial charge in [0.15, 0.2) is 23.1 Å². The molecule has 0 aromatic heterocycles. The molecule has 0 amide bonds. The Kier molecular flexibility index (Phi) is 13.2. The van der Waals surface area contributed by atoms with Gasteiger partial charge in [0.05, 0.1) is 19.8 Å². The molecule has 0 unspecified atom stereocenters.